The summed E-state index contributed by atoms with van der Waals surface area (Å²) in [6.07, 6.45) is 1.96. The van der Waals surface area contributed by atoms with Gasteiger partial charge < -0.3 is 15.0 Å². The zero-order valence-corrected chi connectivity index (χ0v) is 11.8. The van der Waals surface area contributed by atoms with Gasteiger partial charge in [-0.05, 0) is 45.0 Å². The van der Waals surface area contributed by atoms with Crippen LogP contribution in [0, 0.1) is 6.92 Å². The summed E-state index contributed by atoms with van der Waals surface area (Å²) in [5.74, 6) is 1.09. The summed E-state index contributed by atoms with van der Waals surface area (Å²) >= 11 is 0. The Bertz CT molecular complexity index is 418. The molecule has 18 heavy (non-hydrogen) atoms. The Morgan fingerprint density at radius 1 is 1.50 bits per heavy atom. The molecule has 0 atom stereocenters. The van der Waals surface area contributed by atoms with E-state index in [0.717, 1.165) is 32.1 Å². The molecule has 0 bridgehead atoms. The minimum absolute atomic E-state index is 0.0144. The number of pyridine rings is 1. The van der Waals surface area contributed by atoms with Crippen molar-refractivity contribution in [3.8, 4) is 0 Å². The summed E-state index contributed by atoms with van der Waals surface area (Å²) in [5, 5.41) is 3.15. The zero-order valence-electron chi connectivity index (χ0n) is 11.8. The minimum atomic E-state index is 0.0144. The average Bonchev–Trinajstić information content (AvgIpc) is 2.30. The monoisotopic (exact) mass is 249 g/mol. The lowest BCUT2D eigenvalue weighted by Gasteiger charge is -2.43. The Labute approximate surface area is 109 Å². The van der Waals surface area contributed by atoms with E-state index in [2.05, 4.69) is 42.0 Å². The first-order chi connectivity index (χ1) is 8.54. The molecule has 1 saturated heterocycles. The highest BCUT2D eigenvalue weighted by Crippen LogP contribution is 2.28. The smallest absolute Gasteiger partial charge is 0.132 e. The van der Waals surface area contributed by atoms with Crippen molar-refractivity contribution < 1.29 is 4.74 Å². The Balaban J connectivity index is 2.27. The first-order valence-corrected chi connectivity index (χ1v) is 6.50. The van der Waals surface area contributed by atoms with E-state index < -0.39 is 0 Å². The van der Waals surface area contributed by atoms with Crippen LogP contribution in [-0.4, -0.2) is 37.3 Å². The van der Waals surface area contributed by atoms with Crippen LogP contribution >= 0.6 is 0 Å². The fourth-order valence-electron chi connectivity index (χ4n) is 2.46. The van der Waals surface area contributed by atoms with Gasteiger partial charge in [0.1, 0.15) is 5.82 Å². The first kappa shape index (κ1) is 13.3. The Hall–Kier alpha value is -1.13. The third-order valence-electron chi connectivity index (χ3n) is 3.39. The highest BCUT2D eigenvalue weighted by molar-refractivity contribution is 5.50. The zero-order chi connectivity index (χ0) is 13.2. The molecule has 0 saturated carbocycles. The fourth-order valence-corrected chi connectivity index (χ4v) is 2.46. The molecule has 0 amide bonds. The van der Waals surface area contributed by atoms with Gasteiger partial charge in [0.15, 0.2) is 0 Å². The number of hydrogen-bond donors (Lipinski definition) is 1. The molecule has 0 aromatic carbocycles. The molecule has 0 radical (unpaired) electrons. The molecule has 1 aliphatic heterocycles. The molecular weight excluding hydrogens is 226 g/mol. The van der Waals surface area contributed by atoms with Crippen LogP contribution in [0.25, 0.3) is 0 Å². The molecule has 1 fully saturated rings. The molecule has 4 nitrogen and oxygen atoms in total. The maximum absolute atomic E-state index is 5.56. The lowest BCUT2D eigenvalue weighted by atomic mass is 10.0. The quantitative estimate of drug-likeness (QED) is 0.885. The highest BCUT2D eigenvalue weighted by atomic mass is 16.5. The van der Waals surface area contributed by atoms with Gasteiger partial charge in [0, 0.05) is 19.3 Å². The summed E-state index contributed by atoms with van der Waals surface area (Å²) in [5.41, 5.74) is 2.48. The van der Waals surface area contributed by atoms with Gasteiger partial charge in [0.25, 0.3) is 0 Å². The van der Waals surface area contributed by atoms with E-state index in [1.165, 1.54) is 11.1 Å². The number of aromatic nitrogens is 1. The van der Waals surface area contributed by atoms with Crippen molar-refractivity contribution in [2.24, 2.45) is 0 Å². The van der Waals surface area contributed by atoms with Crippen LogP contribution in [0.15, 0.2) is 12.3 Å². The number of nitrogens with zero attached hydrogens (tertiary/aromatic N) is 2. The van der Waals surface area contributed by atoms with Crippen molar-refractivity contribution >= 4 is 5.82 Å². The molecule has 1 aromatic heterocycles. The van der Waals surface area contributed by atoms with E-state index >= 15 is 0 Å². The molecule has 0 spiro atoms. The van der Waals surface area contributed by atoms with Crippen LogP contribution < -0.4 is 10.2 Å². The predicted molar refractivity (Wildman–Crippen MR) is 74.0 cm³/mol. The van der Waals surface area contributed by atoms with Crippen molar-refractivity contribution in [3.05, 3.63) is 23.4 Å². The molecule has 100 valence electrons. The van der Waals surface area contributed by atoms with Crippen molar-refractivity contribution in [1.29, 1.82) is 0 Å². The normalized spacial score (nSPS) is 19.0. The van der Waals surface area contributed by atoms with Crippen LogP contribution in [0.4, 0.5) is 5.82 Å². The average molecular weight is 249 g/mol. The van der Waals surface area contributed by atoms with E-state index in [4.69, 9.17) is 4.74 Å². The third kappa shape index (κ3) is 2.65. The second-order valence-electron chi connectivity index (χ2n) is 5.53. The number of morpholine rings is 1. The lowest BCUT2D eigenvalue weighted by molar-refractivity contribution is 0.0638. The van der Waals surface area contributed by atoms with E-state index in [0.29, 0.717) is 0 Å². The van der Waals surface area contributed by atoms with Gasteiger partial charge in [-0.3, -0.25) is 0 Å². The van der Waals surface area contributed by atoms with Gasteiger partial charge in [-0.2, -0.15) is 0 Å². The Morgan fingerprint density at radius 2 is 2.28 bits per heavy atom. The van der Waals surface area contributed by atoms with E-state index in [-0.39, 0.29) is 5.54 Å². The minimum Gasteiger partial charge on any atom is -0.377 e. The second-order valence-corrected chi connectivity index (χ2v) is 5.53. The van der Waals surface area contributed by atoms with Gasteiger partial charge in [0.05, 0.1) is 18.8 Å². The third-order valence-corrected chi connectivity index (χ3v) is 3.39. The van der Waals surface area contributed by atoms with Gasteiger partial charge in [-0.1, -0.05) is 0 Å². The van der Waals surface area contributed by atoms with Gasteiger partial charge in [0.2, 0.25) is 0 Å². The number of anilines is 1. The Kier molecular flexibility index (Phi) is 3.88. The summed E-state index contributed by atoms with van der Waals surface area (Å²) in [7, 11) is 1.95. The largest absolute Gasteiger partial charge is 0.377 e. The SMILES string of the molecule is CNCc1cnc(N2CCOCC2(C)C)c(C)c1. The summed E-state index contributed by atoms with van der Waals surface area (Å²) in [4.78, 5) is 7.00. The molecular formula is C14H23N3O. The van der Waals surface area contributed by atoms with Crippen LogP contribution in [0.3, 0.4) is 0 Å². The van der Waals surface area contributed by atoms with Gasteiger partial charge in [-0.25, -0.2) is 4.98 Å². The lowest BCUT2D eigenvalue weighted by Crippen LogP contribution is -2.53. The number of aryl methyl sites for hydroxylation is 1. The number of rotatable bonds is 3. The van der Waals surface area contributed by atoms with Crippen LogP contribution in [0.5, 0.6) is 0 Å². The molecule has 0 unspecified atom stereocenters. The summed E-state index contributed by atoms with van der Waals surface area (Å²) < 4.78 is 5.56. The van der Waals surface area contributed by atoms with Crippen molar-refractivity contribution in [2.75, 3.05) is 31.7 Å². The molecule has 1 aliphatic rings. The number of ether oxygens (including phenoxy) is 1. The van der Waals surface area contributed by atoms with E-state index in [1.54, 1.807) is 0 Å². The van der Waals surface area contributed by atoms with Crippen molar-refractivity contribution in [3.63, 3.8) is 0 Å². The summed E-state index contributed by atoms with van der Waals surface area (Å²) in [6, 6.07) is 2.21. The van der Waals surface area contributed by atoms with Gasteiger partial charge >= 0.3 is 0 Å². The van der Waals surface area contributed by atoms with Crippen LogP contribution in [-0.2, 0) is 11.3 Å². The molecule has 2 heterocycles. The molecule has 2 rings (SSSR count). The number of nitrogens with one attached hydrogen (secondary N) is 1. The molecule has 0 aliphatic carbocycles. The Morgan fingerprint density at radius 3 is 2.89 bits per heavy atom. The number of hydrogen-bond acceptors (Lipinski definition) is 4. The van der Waals surface area contributed by atoms with E-state index in [1.807, 2.05) is 13.2 Å². The highest BCUT2D eigenvalue weighted by Gasteiger charge is 2.32. The maximum Gasteiger partial charge on any atom is 0.132 e. The molecule has 1 aromatic rings. The van der Waals surface area contributed by atoms with Crippen LogP contribution in [0.2, 0.25) is 0 Å². The van der Waals surface area contributed by atoms with E-state index in [9.17, 15) is 0 Å². The van der Waals surface area contributed by atoms with Crippen molar-refractivity contribution in [2.45, 2.75) is 32.9 Å². The summed E-state index contributed by atoms with van der Waals surface area (Å²) in [6.45, 7) is 9.85. The topological polar surface area (TPSA) is 37.4 Å². The van der Waals surface area contributed by atoms with Gasteiger partial charge in [-0.15, -0.1) is 0 Å². The molecule has 1 N–H and O–H groups in total. The van der Waals surface area contributed by atoms with Crippen LogP contribution in [0.1, 0.15) is 25.0 Å². The second kappa shape index (κ2) is 5.24. The van der Waals surface area contributed by atoms with Crippen molar-refractivity contribution in [1.82, 2.24) is 10.3 Å². The fraction of sp³-hybridized carbons (Fsp3) is 0.643. The standard InChI is InChI=1S/C14H23N3O/c1-11-7-12(8-15-4)9-16-13(11)17-5-6-18-10-14(17,2)3/h7,9,15H,5-6,8,10H2,1-4H3. The maximum atomic E-state index is 5.56. The molecule has 4 heteroatoms. The predicted octanol–water partition coefficient (Wildman–Crippen LogP) is 1.72. The first-order valence-electron chi connectivity index (χ1n) is 6.50.